The molecule has 1 fully saturated rings. The van der Waals surface area contributed by atoms with Gasteiger partial charge in [0.1, 0.15) is 5.75 Å². The van der Waals surface area contributed by atoms with E-state index in [1.165, 1.54) is 0 Å². The fraction of sp³-hybridized carbons (Fsp3) is 1.00. The number of hydrogen-bond acceptors (Lipinski definition) is 4. The molecule has 0 aliphatic carbocycles. The standard InChI is InChI=1S/C4H8O4S/c1-4-2-9(5,6)8-3-7-4/h4H,2-3H2,1H3. The molecule has 5 heteroatoms. The topological polar surface area (TPSA) is 52.6 Å². The first-order chi connectivity index (χ1) is 4.10. The molecule has 1 aliphatic rings. The Hall–Kier alpha value is -0.130. The molecule has 9 heavy (non-hydrogen) atoms. The van der Waals surface area contributed by atoms with Gasteiger partial charge in [-0.1, -0.05) is 0 Å². The van der Waals surface area contributed by atoms with Crippen LogP contribution in [0.15, 0.2) is 0 Å². The van der Waals surface area contributed by atoms with Crippen LogP contribution in [0, 0.1) is 0 Å². The SMILES string of the molecule is CC1CS(=O)(=O)OCO1. The molecule has 0 N–H and O–H groups in total. The van der Waals surface area contributed by atoms with E-state index in [1.54, 1.807) is 6.92 Å². The maximum Gasteiger partial charge on any atom is 0.272 e. The summed E-state index contributed by atoms with van der Waals surface area (Å²) < 4.78 is 30.2. The number of rotatable bonds is 0. The highest BCUT2D eigenvalue weighted by molar-refractivity contribution is 7.86. The first-order valence-electron chi connectivity index (χ1n) is 2.59. The molecule has 1 rings (SSSR count). The van der Waals surface area contributed by atoms with Crippen molar-refractivity contribution in [3.8, 4) is 0 Å². The summed E-state index contributed by atoms with van der Waals surface area (Å²) in [6.45, 7) is 1.56. The van der Waals surface area contributed by atoms with E-state index < -0.39 is 10.1 Å². The fourth-order valence-corrected chi connectivity index (χ4v) is 1.57. The zero-order valence-electron chi connectivity index (χ0n) is 5.03. The molecule has 1 aliphatic heterocycles. The van der Waals surface area contributed by atoms with Gasteiger partial charge in [-0.15, -0.1) is 0 Å². The lowest BCUT2D eigenvalue weighted by Gasteiger charge is -2.17. The molecule has 0 aromatic rings. The van der Waals surface area contributed by atoms with Gasteiger partial charge in [0, 0.05) is 0 Å². The van der Waals surface area contributed by atoms with Crippen molar-refractivity contribution in [2.45, 2.75) is 13.0 Å². The summed E-state index contributed by atoms with van der Waals surface area (Å²) in [6, 6.07) is 0. The highest BCUT2D eigenvalue weighted by Crippen LogP contribution is 2.06. The monoisotopic (exact) mass is 152 g/mol. The van der Waals surface area contributed by atoms with Crippen LogP contribution >= 0.6 is 0 Å². The summed E-state index contributed by atoms with van der Waals surface area (Å²) in [7, 11) is -3.26. The average molecular weight is 152 g/mol. The van der Waals surface area contributed by atoms with E-state index in [1.807, 2.05) is 0 Å². The molecular formula is C4H8O4S. The van der Waals surface area contributed by atoms with E-state index in [0.29, 0.717) is 0 Å². The maximum absolute atomic E-state index is 10.6. The highest BCUT2D eigenvalue weighted by atomic mass is 32.2. The zero-order chi connectivity index (χ0) is 6.91. The van der Waals surface area contributed by atoms with E-state index >= 15 is 0 Å². The number of hydrogen-bond donors (Lipinski definition) is 0. The first kappa shape index (κ1) is 6.98. The van der Waals surface area contributed by atoms with Crippen LogP contribution in [0.2, 0.25) is 0 Å². The van der Waals surface area contributed by atoms with E-state index in [-0.39, 0.29) is 18.6 Å². The van der Waals surface area contributed by atoms with Crippen molar-refractivity contribution in [3.05, 3.63) is 0 Å². The number of ether oxygens (including phenoxy) is 1. The molecule has 0 amide bonds. The van der Waals surface area contributed by atoms with Crippen molar-refractivity contribution >= 4 is 10.1 Å². The van der Waals surface area contributed by atoms with Crippen LogP contribution in [-0.2, 0) is 19.0 Å². The fourth-order valence-electron chi connectivity index (χ4n) is 0.601. The third-order valence-electron chi connectivity index (χ3n) is 1.02. The molecular weight excluding hydrogens is 144 g/mol. The van der Waals surface area contributed by atoms with Gasteiger partial charge in [0.2, 0.25) is 0 Å². The molecule has 0 bridgehead atoms. The predicted octanol–water partition coefficient (Wildman–Crippen LogP) is -0.291. The summed E-state index contributed by atoms with van der Waals surface area (Å²) in [5.41, 5.74) is 0. The third kappa shape index (κ3) is 1.92. The Morgan fingerprint density at radius 2 is 2.22 bits per heavy atom. The summed E-state index contributed by atoms with van der Waals surface area (Å²) in [5, 5.41) is 0. The van der Waals surface area contributed by atoms with Gasteiger partial charge < -0.3 is 4.74 Å². The summed E-state index contributed by atoms with van der Waals surface area (Å²) in [6.07, 6.45) is -0.233. The third-order valence-corrected chi connectivity index (χ3v) is 2.35. The van der Waals surface area contributed by atoms with Crippen molar-refractivity contribution in [1.29, 1.82) is 0 Å². The van der Waals surface area contributed by atoms with Gasteiger partial charge in [-0.05, 0) is 6.92 Å². The molecule has 1 unspecified atom stereocenters. The molecule has 4 nitrogen and oxygen atoms in total. The van der Waals surface area contributed by atoms with Crippen molar-refractivity contribution in [2.75, 3.05) is 12.5 Å². The minimum atomic E-state index is -3.26. The Balaban J connectivity index is 2.62. The lowest BCUT2D eigenvalue weighted by molar-refractivity contribution is -0.0335. The van der Waals surface area contributed by atoms with Crippen molar-refractivity contribution < 1.29 is 17.3 Å². The average Bonchev–Trinajstić information content (AvgIpc) is 1.60. The summed E-state index contributed by atoms with van der Waals surface area (Å²) in [5.74, 6) is -0.0347. The second kappa shape index (κ2) is 2.24. The van der Waals surface area contributed by atoms with Crippen LogP contribution in [0.4, 0.5) is 0 Å². The van der Waals surface area contributed by atoms with Crippen molar-refractivity contribution in [1.82, 2.24) is 0 Å². The Labute approximate surface area is 53.9 Å². The molecule has 0 saturated carbocycles. The molecule has 0 aromatic carbocycles. The normalized spacial score (nSPS) is 34.1. The lowest BCUT2D eigenvalue weighted by atomic mass is 10.5. The highest BCUT2D eigenvalue weighted by Gasteiger charge is 2.22. The zero-order valence-corrected chi connectivity index (χ0v) is 5.85. The molecule has 54 valence electrons. The molecule has 0 aromatic heterocycles. The maximum atomic E-state index is 10.6. The Kier molecular flexibility index (Phi) is 1.74. The smallest absolute Gasteiger partial charge is 0.272 e. The van der Waals surface area contributed by atoms with E-state index in [0.717, 1.165) is 0 Å². The largest absolute Gasteiger partial charge is 0.350 e. The van der Waals surface area contributed by atoms with Crippen molar-refractivity contribution in [3.63, 3.8) is 0 Å². The minimum absolute atomic E-state index is 0.0347. The first-order valence-corrected chi connectivity index (χ1v) is 4.16. The van der Waals surface area contributed by atoms with Gasteiger partial charge in [-0.2, -0.15) is 8.42 Å². The van der Waals surface area contributed by atoms with Gasteiger partial charge >= 0.3 is 0 Å². The summed E-state index contributed by atoms with van der Waals surface area (Å²) in [4.78, 5) is 0. The Morgan fingerprint density at radius 3 is 2.56 bits per heavy atom. The second-order valence-electron chi connectivity index (χ2n) is 1.94. The van der Waals surface area contributed by atoms with Crippen LogP contribution < -0.4 is 0 Å². The van der Waals surface area contributed by atoms with E-state index in [4.69, 9.17) is 4.74 Å². The van der Waals surface area contributed by atoms with E-state index in [2.05, 4.69) is 4.18 Å². The predicted molar refractivity (Wildman–Crippen MR) is 30.3 cm³/mol. The molecule has 1 atom stereocenters. The molecule has 1 heterocycles. The van der Waals surface area contributed by atoms with Crippen LogP contribution in [0.25, 0.3) is 0 Å². The van der Waals surface area contributed by atoms with Crippen LogP contribution in [0.5, 0.6) is 0 Å². The van der Waals surface area contributed by atoms with Gasteiger partial charge in [0.25, 0.3) is 10.1 Å². The van der Waals surface area contributed by atoms with Gasteiger partial charge in [0.15, 0.2) is 6.79 Å². The van der Waals surface area contributed by atoms with Gasteiger partial charge in [-0.3, -0.25) is 0 Å². The van der Waals surface area contributed by atoms with E-state index in [9.17, 15) is 8.42 Å². The summed E-state index contributed by atoms with van der Waals surface area (Å²) >= 11 is 0. The van der Waals surface area contributed by atoms with Crippen LogP contribution in [-0.4, -0.2) is 27.1 Å². The lowest BCUT2D eigenvalue weighted by Crippen LogP contribution is -2.30. The van der Waals surface area contributed by atoms with Gasteiger partial charge in [0.05, 0.1) is 6.10 Å². The Bertz CT molecular complexity index is 183. The molecule has 1 saturated heterocycles. The molecule has 0 radical (unpaired) electrons. The second-order valence-corrected chi connectivity index (χ2v) is 3.62. The van der Waals surface area contributed by atoms with Crippen LogP contribution in [0.1, 0.15) is 6.92 Å². The Morgan fingerprint density at radius 1 is 1.56 bits per heavy atom. The minimum Gasteiger partial charge on any atom is -0.350 e. The molecule has 0 spiro atoms. The van der Waals surface area contributed by atoms with Crippen LogP contribution in [0.3, 0.4) is 0 Å². The van der Waals surface area contributed by atoms with Crippen molar-refractivity contribution in [2.24, 2.45) is 0 Å². The van der Waals surface area contributed by atoms with Gasteiger partial charge in [-0.25, -0.2) is 4.18 Å². The quantitative estimate of drug-likeness (QED) is 0.447.